The molecule has 1 aliphatic heterocycles. The average Bonchev–Trinajstić information content (AvgIpc) is 2.99. The van der Waals surface area contributed by atoms with Crippen LogP contribution in [0.5, 0.6) is 0 Å². The van der Waals surface area contributed by atoms with Gasteiger partial charge in [0.15, 0.2) is 0 Å². The van der Waals surface area contributed by atoms with E-state index in [9.17, 15) is 4.79 Å². The van der Waals surface area contributed by atoms with Crippen LogP contribution in [0.3, 0.4) is 0 Å². The second-order valence-corrected chi connectivity index (χ2v) is 5.68. The Hall–Kier alpha value is -0.870. The van der Waals surface area contributed by atoms with Crippen molar-refractivity contribution in [3.8, 4) is 0 Å². The Morgan fingerprint density at radius 3 is 3.24 bits per heavy atom. The SMILES string of the molecule is C[C@@H](NC(=O)CCC1CCNC1)c1cccs1. The van der Waals surface area contributed by atoms with Crippen LogP contribution in [0.1, 0.15) is 37.1 Å². The summed E-state index contributed by atoms with van der Waals surface area (Å²) in [4.78, 5) is 13.0. The molecule has 1 fully saturated rings. The fourth-order valence-corrected chi connectivity index (χ4v) is 2.95. The van der Waals surface area contributed by atoms with Crippen LogP contribution in [0.15, 0.2) is 17.5 Å². The van der Waals surface area contributed by atoms with Crippen LogP contribution < -0.4 is 10.6 Å². The molecule has 94 valence electrons. The molecular weight excluding hydrogens is 232 g/mol. The number of hydrogen-bond acceptors (Lipinski definition) is 3. The highest BCUT2D eigenvalue weighted by Crippen LogP contribution is 2.19. The molecule has 0 saturated carbocycles. The third-order valence-corrected chi connectivity index (χ3v) is 4.34. The van der Waals surface area contributed by atoms with E-state index in [0.717, 1.165) is 19.5 Å². The van der Waals surface area contributed by atoms with E-state index in [1.54, 1.807) is 11.3 Å². The normalized spacial score (nSPS) is 21.4. The Morgan fingerprint density at radius 2 is 2.59 bits per heavy atom. The summed E-state index contributed by atoms with van der Waals surface area (Å²) in [6, 6.07) is 4.23. The van der Waals surface area contributed by atoms with Gasteiger partial charge in [-0.3, -0.25) is 4.79 Å². The van der Waals surface area contributed by atoms with Gasteiger partial charge in [-0.25, -0.2) is 0 Å². The first-order valence-electron chi connectivity index (χ1n) is 6.29. The van der Waals surface area contributed by atoms with Gasteiger partial charge in [0.1, 0.15) is 0 Å². The van der Waals surface area contributed by atoms with Gasteiger partial charge in [0, 0.05) is 11.3 Å². The second kappa shape index (κ2) is 6.17. The minimum atomic E-state index is 0.143. The van der Waals surface area contributed by atoms with Crippen molar-refractivity contribution in [1.82, 2.24) is 10.6 Å². The number of carbonyl (C=O) groups is 1. The molecule has 4 heteroatoms. The van der Waals surface area contributed by atoms with E-state index >= 15 is 0 Å². The number of amides is 1. The molecule has 0 bridgehead atoms. The van der Waals surface area contributed by atoms with E-state index in [1.807, 2.05) is 18.4 Å². The summed E-state index contributed by atoms with van der Waals surface area (Å²) >= 11 is 1.69. The summed E-state index contributed by atoms with van der Waals surface area (Å²) in [7, 11) is 0. The van der Waals surface area contributed by atoms with Crippen LogP contribution >= 0.6 is 11.3 Å². The summed E-state index contributed by atoms with van der Waals surface area (Å²) in [6.07, 6.45) is 2.88. The lowest BCUT2D eigenvalue weighted by molar-refractivity contribution is -0.122. The molecule has 1 aromatic heterocycles. The molecule has 0 radical (unpaired) electrons. The Bertz CT molecular complexity index is 344. The van der Waals surface area contributed by atoms with E-state index in [1.165, 1.54) is 11.3 Å². The van der Waals surface area contributed by atoms with E-state index in [2.05, 4.69) is 16.7 Å². The Labute approximate surface area is 107 Å². The predicted octanol–water partition coefficient (Wildman–Crippen LogP) is 2.32. The molecule has 0 spiro atoms. The van der Waals surface area contributed by atoms with Gasteiger partial charge in [-0.2, -0.15) is 0 Å². The molecule has 2 heterocycles. The van der Waals surface area contributed by atoms with Crippen molar-refractivity contribution in [1.29, 1.82) is 0 Å². The fourth-order valence-electron chi connectivity index (χ4n) is 2.22. The van der Waals surface area contributed by atoms with Crippen LogP contribution in [-0.4, -0.2) is 19.0 Å². The van der Waals surface area contributed by atoms with Gasteiger partial charge in [0.05, 0.1) is 6.04 Å². The molecule has 1 saturated heterocycles. The average molecular weight is 252 g/mol. The molecule has 0 aliphatic carbocycles. The lowest BCUT2D eigenvalue weighted by atomic mass is 10.0. The molecule has 3 nitrogen and oxygen atoms in total. The number of hydrogen-bond donors (Lipinski definition) is 2. The maximum atomic E-state index is 11.8. The zero-order valence-corrected chi connectivity index (χ0v) is 11.1. The van der Waals surface area contributed by atoms with Gasteiger partial charge in [-0.1, -0.05) is 6.07 Å². The first kappa shape index (κ1) is 12.6. The number of nitrogens with one attached hydrogen (secondary N) is 2. The van der Waals surface area contributed by atoms with Gasteiger partial charge < -0.3 is 10.6 Å². The van der Waals surface area contributed by atoms with Crippen LogP contribution in [0.4, 0.5) is 0 Å². The highest BCUT2D eigenvalue weighted by atomic mass is 32.1. The van der Waals surface area contributed by atoms with Crippen molar-refractivity contribution >= 4 is 17.2 Å². The standard InChI is InChI=1S/C13H20N2OS/c1-10(12-3-2-8-17-12)15-13(16)5-4-11-6-7-14-9-11/h2-3,8,10-11,14H,4-7,9H2,1H3,(H,15,16)/t10-,11?/m1/s1. The van der Waals surface area contributed by atoms with Crippen molar-refractivity contribution in [3.05, 3.63) is 22.4 Å². The largest absolute Gasteiger partial charge is 0.349 e. The number of carbonyl (C=O) groups excluding carboxylic acids is 1. The maximum absolute atomic E-state index is 11.8. The molecule has 2 N–H and O–H groups in total. The van der Waals surface area contributed by atoms with E-state index in [4.69, 9.17) is 0 Å². The summed E-state index contributed by atoms with van der Waals surface area (Å²) in [5, 5.41) is 8.43. The lowest BCUT2D eigenvalue weighted by Gasteiger charge is -2.13. The minimum absolute atomic E-state index is 0.143. The highest BCUT2D eigenvalue weighted by Gasteiger charge is 2.16. The van der Waals surface area contributed by atoms with E-state index < -0.39 is 0 Å². The Morgan fingerprint density at radius 1 is 1.71 bits per heavy atom. The second-order valence-electron chi connectivity index (χ2n) is 4.70. The Balaban J connectivity index is 1.69. The van der Waals surface area contributed by atoms with Crippen molar-refractivity contribution < 1.29 is 4.79 Å². The maximum Gasteiger partial charge on any atom is 0.220 e. The van der Waals surface area contributed by atoms with Gasteiger partial charge >= 0.3 is 0 Å². The zero-order chi connectivity index (χ0) is 12.1. The van der Waals surface area contributed by atoms with Gasteiger partial charge in [-0.15, -0.1) is 11.3 Å². The third-order valence-electron chi connectivity index (χ3n) is 3.29. The molecule has 2 atom stereocenters. The molecule has 1 aliphatic rings. The van der Waals surface area contributed by atoms with Crippen molar-refractivity contribution in [2.45, 2.75) is 32.2 Å². The first-order chi connectivity index (χ1) is 8.25. The summed E-state index contributed by atoms with van der Waals surface area (Å²) in [5.74, 6) is 0.871. The van der Waals surface area contributed by atoms with Crippen LogP contribution in [0.2, 0.25) is 0 Å². The topological polar surface area (TPSA) is 41.1 Å². The monoisotopic (exact) mass is 252 g/mol. The molecule has 1 amide bonds. The van der Waals surface area contributed by atoms with Gasteiger partial charge in [-0.05, 0) is 50.2 Å². The first-order valence-corrected chi connectivity index (χ1v) is 7.17. The van der Waals surface area contributed by atoms with E-state index in [-0.39, 0.29) is 11.9 Å². The highest BCUT2D eigenvalue weighted by molar-refractivity contribution is 7.10. The molecule has 17 heavy (non-hydrogen) atoms. The smallest absolute Gasteiger partial charge is 0.220 e. The van der Waals surface area contributed by atoms with Crippen molar-refractivity contribution in [2.75, 3.05) is 13.1 Å². The summed E-state index contributed by atoms with van der Waals surface area (Å²) in [6.45, 7) is 4.23. The molecule has 1 unspecified atom stereocenters. The molecular formula is C13H20N2OS. The van der Waals surface area contributed by atoms with Gasteiger partial charge in [0.2, 0.25) is 5.91 Å². The van der Waals surface area contributed by atoms with Crippen molar-refractivity contribution in [2.24, 2.45) is 5.92 Å². The lowest BCUT2D eigenvalue weighted by Crippen LogP contribution is -2.26. The van der Waals surface area contributed by atoms with Crippen LogP contribution in [0, 0.1) is 5.92 Å². The number of rotatable bonds is 5. The minimum Gasteiger partial charge on any atom is -0.349 e. The predicted molar refractivity (Wildman–Crippen MR) is 71.1 cm³/mol. The van der Waals surface area contributed by atoms with E-state index in [0.29, 0.717) is 12.3 Å². The van der Waals surface area contributed by atoms with Crippen LogP contribution in [-0.2, 0) is 4.79 Å². The van der Waals surface area contributed by atoms with Gasteiger partial charge in [0.25, 0.3) is 0 Å². The number of thiophene rings is 1. The third kappa shape index (κ3) is 3.82. The van der Waals surface area contributed by atoms with Crippen LogP contribution in [0.25, 0.3) is 0 Å². The fraction of sp³-hybridized carbons (Fsp3) is 0.615. The summed E-state index contributed by atoms with van der Waals surface area (Å²) in [5.41, 5.74) is 0. The quantitative estimate of drug-likeness (QED) is 0.844. The Kier molecular flexibility index (Phi) is 4.57. The zero-order valence-electron chi connectivity index (χ0n) is 10.2. The molecule has 0 aromatic carbocycles. The molecule has 2 rings (SSSR count). The summed E-state index contributed by atoms with van der Waals surface area (Å²) < 4.78 is 0. The molecule has 1 aromatic rings. The van der Waals surface area contributed by atoms with Crippen molar-refractivity contribution in [3.63, 3.8) is 0 Å².